The summed E-state index contributed by atoms with van der Waals surface area (Å²) >= 11 is 0. The molecule has 0 amide bonds. The first-order valence-electron chi connectivity index (χ1n) is 6.33. The van der Waals surface area contributed by atoms with Crippen LogP contribution in [0, 0.1) is 28.1 Å². The predicted octanol–water partition coefficient (Wildman–Crippen LogP) is 4.25. The summed E-state index contributed by atoms with van der Waals surface area (Å²) in [6.07, 6.45) is 7.60. The Morgan fingerprint density at radius 3 is 1.43 bits per heavy atom. The van der Waals surface area contributed by atoms with Crippen molar-refractivity contribution >= 4 is 0 Å². The molecule has 4 saturated carbocycles. The van der Waals surface area contributed by atoms with E-state index in [0.29, 0.717) is 5.41 Å². The Morgan fingerprint density at radius 2 is 1.07 bits per heavy atom. The van der Waals surface area contributed by atoms with Crippen molar-refractivity contribution in [2.45, 2.75) is 59.8 Å². The van der Waals surface area contributed by atoms with Crippen LogP contribution in [0.25, 0.3) is 0 Å². The fourth-order valence-corrected chi connectivity index (χ4v) is 5.39. The summed E-state index contributed by atoms with van der Waals surface area (Å²) in [6, 6.07) is 0. The average Bonchev–Trinajstić information content (AvgIpc) is 1.96. The summed E-state index contributed by atoms with van der Waals surface area (Å²) in [7, 11) is 0. The first-order valence-corrected chi connectivity index (χ1v) is 6.33. The van der Waals surface area contributed by atoms with Crippen molar-refractivity contribution in [3.8, 4) is 0 Å². The van der Waals surface area contributed by atoms with Gasteiger partial charge < -0.3 is 0 Å². The molecule has 0 aromatic carbocycles. The van der Waals surface area contributed by atoms with Gasteiger partial charge in [-0.2, -0.15) is 0 Å². The van der Waals surface area contributed by atoms with Gasteiger partial charge in [0.15, 0.2) is 0 Å². The van der Waals surface area contributed by atoms with Crippen LogP contribution in [-0.4, -0.2) is 0 Å². The molecule has 0 heteroatoms. The molecule has 80 valence electrons. The second kappa shape index (κ2) is 2.23. The summed E-state index contributed by atoms with van der Waals surface area (Å²) in [4.78, 5) is 0. The van der Waals surface area contributed by atoms with Crippen LogP contribution < -0.4 is 0 Å². The minimum Gasteiger partial charge on any atom is -0.0596 e. The summed E-state index contributed by atoms with van der Waals surface area (Å²) < 4.78 is 0. The van der Waals surface area contributed by atoms with Gasteiger partial charge in [-0.05, 0) is 60.2 Å². The Morgan fingerprint density at radius 1 is 0.714 bits per heavy atom. The van der Waals surface area contributed by atoms with Crippen molar-refractivity contribution in [2.75, 3.05) is 0 Å². The SMILES string of the molecule is CC12CC3CC(C)(CC(C1)C3(C)C)C2. The third-order valence-corrected chi connectivity index (χ3v) is 5.91. The Kier molecular flexibility index (Phi) is 1.47. The van der Waals surface area contributed by atoms with Crippen LogP contribution >= 0.6 is 0 Å². The molecule has 0 N–H and O–H groups in total. The van der Waals surface area contributed by atoms with Gasteiger partial charge in [-0.25, -0.2) is 0 Å². The van der Waals surface area contributed by atoms with E-state index in [1.54, 1.807) is 0 Å². The minimum absolute atomic E-state index is 0.652. The maximum atomic E-state index is 2.55. The zero-order valence-corrected chi connectivity index (χ0v) is 10.2. The molecule has 4 rings (SSSR count). The van der Waals surface area contributed by atoms with Gasteiger partial charge in [0.25, 0.3) is 0 Å². The van der Waals surface area contributed by atoms with Crippen molar-refractivity contribution in [1.29, 1.82) is 0 Å². The van der Waals surface area contributed by atoms with E-state index < -0.39 is 0 Å². The van der Waals surface area contributed by atoms with Crippen molar-refractivity contribution in [1.82, 2.24) is 0 Å². The molecule has 0 nitrogen and oxygen atoms in total. The van der Waals surface area contributed by atoms with Gasteiger partial charge in [-0.1, -0.05) is 27.7 Å². The average molecular weight is 192 g/mol. The number of rotatable bonds is 0. The topological polar surface area (TPSA) is 0 Å². The molecule has 4 fully saturated rings. The summed E-state index contributed by atoms with van der Waals surface area (Å²) in [5.74, 6) is 2.05. The standard InChI is InChI=1S/C14H24/c1-12(2)10-5-13(3)6-11(12)8-14(4,7-10)9-13/h10-11H,5-9H2,1-4H3. The third-order valence-electron chi connectivity index (χ3n) is 5.91. The van der Waals surface area contributed by atoms with Crippen LogP contribution in [0.1, 0.15) is 59.8 Å². The normalized spacial score (nSPS) is 59.1. The van der Waals surface area contributed by atoms with Gasteiger partial charge in [0.1, 0.15) is 0 Å². The highest BCUT2D eigenvalue weighted by Gasteiger charge is 2.60. The molecule has 0 unspecified atom stereocenters. The zero-order valence-electron chi connectivity index (χ0n) is 10.2. The molecule has 4 aliphatic rings. The zero-order chi connectivity index (χ0) is 10.2. The van der Waals surface area contributed by atoms with E-state index in [2.05, 4.69) is 27.7 Å². The first kappa shape index (κ1) is 9.24. The lowest BCUT2D eigenvalue weighted by molar-refractivity contribution is -0.166. The molecular weight excluding hydrogens is 168 g/mol. The van der Waals surface area contributed by atoms with Crippen molar-refractivity contribution in [3.63, 3.8) is 0 Å². The van der Waals surface area contributed by atoms with E-state index in [1.165, 1.54) is 32.1 Å². The second-order valence-corrected chi connectivity index (χ2v) is 7.83. The van der Waals surface area contributed by atoms with Gasteiger partial charge >= 0.3 is 0 Å². The molecule has 0 spiro atoms. The Hall–Kier alpha value is 0. The molecule has 14 heavy (non-hydrogen) atoms. The first-order chi connectivity index (χ1) is 6.33. The van der Waals surface area contributed by atoms with E-state index in [1.807, 2.05) is 0 Å². The van der Waals surface area contributed by atoms with Crippen molar-refractivity contribution in [3.05, 3.63) is 0 Å². The summed E-state index contributed by atoms with van der Waals surface area (Å²) in [5, 5.41) is 0. The highest BCUT2D eigenvalue weighted by molar-refractivity contribution is 5.10. The highest BCUT2D eigenvalue weighted by Crippen LogP contribution is 2.70. The minimum atomic E-state index is 0.652. The largest absolute Gasteiger partial charge is 0.0596 e. The fourth-order valence-electron chi connectivity index (χ4n) is 5.39. The van der Waals surface area contributed by atoms with E-state index in [-0.39, 0.29) is 0 Å². The summed E-state index contributed by atoms with van der Waals surface area (Å²) in [5.41, 5.74) is 2.09. The maximum absolute atomic E-state index is 2.55. The maximum Gasteiger partial charge on any atom is -0.0297 e. The van der Waals surface area contributed by atoms with Gasteiger partial charge in [-0.3, -0.25) is 0 Å². The molecule has 0 aromatic heterocycles. The van der Waals surface area contributed by atoms with Crippen LogP contribution in [0.15, 0.2) is 0 Å². The van der Waals surface area contributed by atoms with Crippen LogP contribution in [0.4, 0.5) is 0 Å². The Balaban J connectivity index is 2.03. The van der Waals surface area contributed by atoms with E-state index >= 15 is 0 Å². The predicted molar refractivity (Wildman–Crippen MR) is 60.1 cm³/mol. The van der Waals surface area contributed by atoms with E-state index in [4.69, 9.17) is 0 Å². The van der Waals surface area contributed by atoms with Gasteiger partial charge in [0.2, 0.25) is 0 Å². The van der Waals surface area contributed by atoms with Gasteiger partial charge in [0.05, 0.1) is 0 Å². The Labute approximate surface area is 88.5 Å². The smallest absolute Gasteiger partial charge is 0.0297 e. The van der Waals surface area contributed by atoms with Gasteiger partial charge in [-0.15, -0.1) is 0 Å². The van der Waals surface area contributed by atoms with E-state index in [0.717, 1.165) is 22.7 Å². The van der Waals surface area contributed by atoms with Gasteiger partial charge in [0, 0.05) is 0 Å². The molecule has 0 heterocycles. The lowest BCUT2D eigenvalue weighted by Crippen LogP contribution is -2.57. The highest BCUT2D eigenvalue weighted by atomic mass is 14.6. The third kappa shape index (κ3) is 1.01. The van der Waals surface area contributed by atoms with Crippen molar-refractivity contribution in [2.24, 2.45) is 28.1 Å². The van der Waals surface area contributed by atoms with Crippen LogP contribution in [0.2, 0.25) is 0 Å². The molecular formula is C14H24. The number of hydrogen-bond donors (Lipinski definition) is 0. The number of hydrogen-bond acceptors (Lipinski definition) is 0. The molecule has 0 radical (unpaired) electrons. The molecule has 4 bridgehead atoms. The van der Waals surface area contributed by atoms with Crippen molar-refractivity contribution < 1.29 is 0 Å². The Bertz CT molecular complexity index is 236. The van der Waals surface area contributed by atoms with Crippen LogP contribution in [0.3, 0.4) is 0 Å². The molecule has 0 saturated heterocycles. The lowest BCUT2D eigenvalue weighted by atomic mass is 9.38. The quantitative estimate of drug-likeness (QED) is 0.538. The molecule has 0 aliphatic heterocycles. The molecule has 0 atom stereocenters. The monoisotopic (exact) mass is 192 g/mol. The van der Waals surface area contributed by atoms with Crippen LogP contribution in [0.5, 0.6) is 0 Å². The van der Waals surface area contributed by atoms with E-state index in [9.17, 15) is 0 Å². The second-order valence-electron chi connectivity index (χ2n) is 7.83. The summed E-state index contributed by atoms with van der Waals surface area (Å²) in [6.45, 7) is 10.2. The fraction of sp³-hybridized carbons (Fsp3) is 1.00. The lowest BCUT2D eigenvalue weighted by Gasteiger charge is -2.67. The van der Waals surface area contributed by atoms with Crippen LogP contribution in [-0.2, 0) is 0 Å². The molecule has 0 aromatic rings. The molecule has 4 aliphatic carbocycles.